The van der Waals surface area contributed by atoms with E-state index in [9.17, 15) is 13.2 Å². The van der Waals surface area contributed by atoms with E-state index in [1.54, 1.807) is 30.3 Å². The molecule has 0 fully saturated rings. The van der Waals surface area contributed by atoms with Gasteiger partial charge in [0.25, 0.3) is 0 Å². The molecule has 0 saturated carbocycles. The maximum Gasteiger partial charge on any atom is 0.435 e. The number of rotatable bonds is 10. The monoisotopic (exact) mass is 535 g/mol. The summed E-state index contributed by atoms with van der Waals surface area (Å²) in [6, 6.07) is 13.4. The van der Waals surface area contributed by atoms with E-state index in [0.717, 1.165) is 46.6 Å². The average Bonchev–Trinajstić information content (AvgIpc) is 3.31. The normalized spacial score (nSPS) is 11.6. The first-order valence-corrected chi connectivity index (χ1v) is 13.8. The van der Waals surface area contributed by atoms with Crippen molar-refractivity contribution in [2.24, 2.45) is 5.14 Å². The highest BCUT2D eigenvalue weighted by molar-refractivity contribution is 7.97. The number of unbranched alkanes of at least 4 members (excludes halogenated alkanes) is 1. The highest BCUT2D eigenvalue weighted by atomic mass is 32.2. The Bertz CT molecular complexity index is 1200. The fourth-order valence-electron chi connectivity index (χ4n) is 3.41. The summed E-state index contributed by atoms with van der Waals surface area (Å²) in [6.45, 7) is 7.06. The topological polar surface area (TPSA) is 62.3 Å². The molecule has 3 rings (SSSR count). The van der Waals surface area contributed by atoms with Crippen LogP contribution in [-0.2, 0) is 15.2 Å². The van der Waals surface area contributed by atoms with Gasteiger partial charge in [0.1, 0.15) is 0 Å². The Morgan fingerprint density at radius 2 is 1.75 bits per heavy atom. The summed E-state index contributed by atoms with van der Waals surface area (Å²) in [4.78, 5) is 0.798. The standard InChI is InChI=1S/C26H29F3N3O2PS/c1-4-33-35(34-5-2)16-8-6-7-9-20-17-21(11-10-19(20)3)24-18-25(26(27,28)29)31-32(24)22-12-14-23(36-30)15-13-22/h10-15,17-18H,4-6,8,16,30H2,1-3H3. The zero-order valence-electron chi connectivity index (χ0n) is 20.4. The Hall–Kier alpha value is -2.34. The molecule has 0 saturated heterocycles. The van der Waals surface area contributed by atoms with Crippen LogP contribution in [0.1, 0.15) is 43.5 Å². The number of hydrogen-bond acceptors (Lipinski definition) is 5. The molecule has 36 heavy (non-hydrogen) atoms. The Morgan fingerprint density at radius 1 is 1.06 bits per heavy atom. The zero-order valence-corrected chi connectivity index (χ0v) is 22.1. The molecular formula is C26H29F3N3O2PS. The van der Waals surface area contributed by atoms with Crippen molar-refractivity contribution in [3.63, 3.8) is 0 Å². The molecule has 0 bridgehead atoms. The molecule has 0 amide bonds. The first kappa shape index (κ1) is 28.2. The van der Waals surface area contributed by atoms with Crippen molar-refractivity contribution >= 4 is 20.3 Å². The van der Waals surface area contributed by atoms with Crippen LogP contribution < -0.4 is 5.14 Å². The largest absolute Gasteiger partial charge is 0.435 e. The van der Waals surface area contributed by atoms with Crippen LogP contribution in [0, 0.1) is 18.8 Å². The van der Waals surface area contributed by atoms with Gasteiger partial charge in [0, 0.05) is 28.6 Å². The van der Waals surface area contributed by atoms with Crippen LogP contribution >= 0.6 is 20.3 Å². The first-order chi connectivity index (χ1) is 17.3. The van der Waals surface area contributed by atoms with E-state index in [2.05, 4.69) is 16.9 Å². The summed E-state index contributed by atoms with van der Waals surface area (Å²) >= 11 is 1.07. The van der Waals surface area contributed by atoms with E-state index >= 15 is 0 Å². The molecule has 2 aromatic carbocycles. The van der Waals surface area contributed by atoms with Crippen molar-refractivity contribution in [1.29, 1.82) is 0 Å². The van der Waals surface area contributed by atoms with Crippen LogP contribution in [0.2, 0.25) is 0 Å². The number of nitrogens with two attached hydrogens (primary N) is 1. The van der Waals surface area contributed by atoms with Crippen molar-refractivity contribution in [3.05, 3.63) is 65.4 Å². The highest BCUT2D eigenvalue weighted by Gasteiger charge is 2.35. The van der Waals surface area contributed by atoms with Crippen molar-refractivity contribution < 1.29 is 22.2 Å². The zero-order chi connectivity index (χ0) is 26.1. The molecule has 192 valence electrons. The van der Waals surface area contributed by atoms with Gasteiger partial charge in [-0.15, -0.1) is 0 Å². The van der Waals surface area contributed by atoms with Crippen LogP contribution in [0.15, 0.2) is 53.4 Å². The van der Waals surface area contributed by atoms with Crippen molar-refractivity contribution in [2.45, 2.75) is 44.7 Å². The third-order valence-corrected chi connectivity index (χ3v) is 7.48. The summed E-state index contributed by atoms with van der Waals surface area (Å²) in [7, 11) is -0.888. The van der Waals surface area contributed by atoms with Crippen LogP contribution in [0.3, 0.4) is 0 Å². The van der Waals surface area contributed by atoms with Gasteiger partial charge in [-0.2, -0.15) is 18.3 Å². The molecule has 10 heteroatoms. The number of halogens is 3. The van der Waals surface area contributed by atoms with Crippen molar-refractivity contribution in [2.75, 3.05) is 19.4 Å². The third-order valence-electron chi connectivity index (χ3n) is 5.16. The second kappa shape index (κ2) is 13.3. The predicted octanol–water partition coefficient (Wildman–Crippen LogP) is 7.35. The number of alkyl halides is 3. The Balaban J connectivity index is 1.87. The lowest BCUT2D eigenvalue weighted by Gasteiger charge is -2.14. The highest BCUT2D eigenvalue weighted by Crippen LogP contribution is 2.39. The van der Waals surface area contributed by atoms with E-state index in [0.29, 0.717) is 36.6 Å². The van der Waals surface area contributed by atoms with E-state index in [1.807, 2.05) is 32.9 Å². The fourth-order valence-corrected chi connectivity index (χ4v) is 5.03. The van der Waals surface area contributed by atoms with Gasteiger partial charge >= 0.3 is 6.18 Å². The van der Waals surface area contributed by atoms with Crippen LogP contribution in [0.4, 0.5) is 13.2 Å². The maximum atomic E-state index is 13.5. The molecule has 0 unspecified atom stereocenters. The Morgan fingerprint density at radius 3 is 2.36 bits per heavy atom. The van der Waals surface area contributed by atoms with Gasteiger partial charge in [-0.25, -0.2) is 4.68 Å². The summed E-state index contributed by atoms with van der Waals surface area (Å²) in [5, 5.41) is 9.44. The number of aromatic nitrogens is 2. The lowest BCUT2D eigenvalue weighted by atomic mass is 10.0. The molecule has 5 nitrogen and oxygen atoms in total. The minimum atomic E-state index is -4.57. The minimum absolute atomic E-state index is 0.331. The maximum absolute atomic E-state index is 13.5. The molecule has 0 atom stereocenters. The lowest BCUT2D eigenvalue weighted by molar-refractivity contribution is -0.141. The molecule has 3 aromatic rings. The van der Waals surface area contributed by atoms with Crippen molar-refractivity contribution in [3.8, 4) is 28.8 Å². The minimum Gasteiger partial charge on any atom is -0.334 e. The van der Waals surface area contributed by atoms with Crippen LogP contribution in [0.5, 0.6) is 0 Å². The summed E-state index contributed by atoms with van der Waals surface area (Å²) in [6.07, 6.45) is -2.24. The average molecular weight is 536 g/mol. The lowest BCUT2D eigenvalue weighted by Crippen LogP contribution is -2.07. The smallest absolute Gasteiger partial charge is 0.334 e. The number of benzene rings is 2. The molecule has 0 aliphatic carbocycles. The van der Waals surface area contributed by atoms with E-state index in [1.165, 1.54) is 4.68 Å². The second-order valence-corrected chi connectivity index (χ2v) is 10.1. The van der Waals surface area contributed by atoms with Gasteiger partial charge in [-0.3, -0.25) is 5.14 Å². The van der Waals surface area contributed by atoms with Gasteiger partial charge in [-0.1, -0.05) is 24.0 Å². The van der Waals surface area contributed by atoms with Gasteiger partial charge in [0.05, 0.1) is 24.6 Å². The van der Waals surface area contributed by atoms with Gasteiger partial charge in [0.2, 0.25) is 0 Å². The summed E-state index contributed by atoms with van der Waals surface area (Å²) in [5.41, 5.74) is 2.19. The molecular weight excluding hydrogens is 506 g/mol. The number of hydrogen-bond donors (Lipinski definition) is 1. The Labute approximate surface area is 215 Å². The molecule has 1 heterocycles. The van der Waals surface area contributed by atoms with Gasteiger partial charge in [0.15, 0.2) is 14.1 Å². The quantitative estimate of drug-likeness (QED) is 0.127. The number of aryl methyl sites for hydroxylation is 1. The molecule has 0 aliphatic rings. The molecule has 0 radical (unpaired) electrons. The van der Waals surface area contributed by atoms with Gasteiger partial charge in [-0.05, 0) is 81.1 Å². The molecule has 1 aromatic heterocycles. The summed E-state index contributed by atoms with van der Waals surface area (Å²) in [5.74, 6) is 6.36. The molecule has 0 spiro atoms. The first-order valence-electron chi connectivity index (χ1n) is 11.5. The summed E-state index contributed by atoms with van der Waals surface area (Å²) < 4.78 is 53.1. The van der Waals surface area contributed by atoms with E-state index in [4.69, 9.17) is 14.2 Å². The fraction of sp³-hybridized carbons (Fsp3) is 0.346. The third kappa shape index (κ3) is 7.58. The molecule has 2 N–H and O–H groups in total. The van der Waals surface area contributed by atoms with E-state index in [-0.39, 0.29) is 0 Å². The SMILES string of the molecule is CCOP(CCCC#Cc1cc(-c2cc(C(F)(F)F)nn2-c2ccc(SN)cc2)ccc1C)OCC. The van der Waals surface area contributed by atoms with Crippen LogP contribution in [0.25, 0.3) is 16.9 Å². The molecule has 0 aliphatic heterocycles. The van der Waals surface area contributed by atoms with Crippen LogP contribution in [-0.4, -0.2) is 29.2 Å². The number of nitrogens with zero attached hydrogens (tertiary/aromatic N) is 2. The van der Waals surface area contributed by atoms with Gasteiger partial charge < -0.3 is 9.05 Å². The Kier molecular flexibility index (Phi) is 10.4. The predicted molar refractivity (Wildman–Crippen MR) is 140 cm³/mol. The van der Waals surface area contributed by atoms with Crippen molar-refractivity contribution in [1.82, 2.24) is 9.78 Å². The van der Waals surface area contributed by atoms with E-state index < -0.39 is 20.2 Å². The second-order valence-electron chi connectivity index (χ2n) is 7.76.